The van der Waals surface area contributed by atoms with Crippen LogP contribution in [0.1, 0.15) is 24.1 Å². The predicted octanol–water partition coefficient (Wildman–Crippen LogP) is 3.70. The second kappa shape index (κ2) is 7.51. The fourth-order valence-corrected chi connectivity index (χ4v) is 3.38. The molecule has 0 saturated heterocycles. The Bertz CT molecular complexity index is 619. The fourth-order valence-electron chi connectivity index (χ4n) is 1.60. The van der Waals surface area contributed by atoms with Crippen LogP contribution in [0.15, 0.2) is 24.3 Å². The standard InChI is InChI=1S/C14H15FN2O2S2/c1-3-19-12(18)8-20-9(2)13-16-17-14(21-13)10-5-4-6-11(15)7-10/h4-7,9H,3,8H2,1-2H3/t9-/m1/s1. The smallest absolute Gasteiger partial charge is 0.315 e. The average molecular weight is 326 g/mol. The van der Waals surface area contributed by atoms with E-state index in [1.165, 1.54) is 35.2 Å². The van der Waals surface area contributed by atoms with Gasteiger partial charge in [-0.25, -0.2) is 4.39 Å². The van der Waals surface area contributed by atoms with Gasteiger partial charge in [0.05, 0.1) is 17.6 Å². The zero-order valence-corrected chi connectivity index (χ0v) is 13.3. The van der Waals surface area contributed by atoms with Gasteiger partial charge in [-0.3, -0.25) is 4.79 Å². The highest BCUT2D eigenvalue weighted by Crippen LogP contribution is 2.33. The Morgan fingerprint density at radius 3 is 3.00 bits per heavy atom. The molecule has 0 saturated carbocycles. The van der Waals surface area contributed by atoms with Crippen molar-refractivity contribution in [3.05, 3.63) is 35.1 Å². The van der Waals surface area contributed by atoms with Crippen LogP contribution in [0, 0.1) is 5.82 Å². The molecular weight excluding hydrogens is 311 g/mol. The van der Waals surface area contributed by atoms with Gasteiger partial charge in [0.2, 0.25) is 0 Å². The Kier molecular flexibility index (Phi) is 5.69. The molecule has 0 aliphatic heterocycles. The molecule has 0 bridgehead atoms. The number of rotatable bonds is 6. The minimum Gasteiger partial charge on any atom is -0.465 e. The lowest BCUT2D eigenvalue weighted by Gasteiger charge is -2.06. The maximum Gasteiger partial charge on any atom is 0.315 e. The summed E-state index contributed by atoms with van der Waals surface area (Å²) in [7, 11) is 0. The number of aromatic nitrogens is 2. The van der Waals surface area contributed by atoms with E-state index in [0.29, 0.717) is 17.2 Å². The van der Waals surface area contributed by atoms with Crippen LogP contribution in [-0.4, -0.2) is 28.5 Å². The lowest BCUT2D eigenvalue weighted by Crippen LogP contribution is -2.07. The van der Waals surface area contributed by atoms with Gasteiger partial charge in [0, 0.05) is 5.56 Å². The summed E-state index contributed by atoms with van der Waals surface area (Å²) >= 11 is 2.85. The number of ether oxygens (including phenoxy) is 1. The molecule has 21 heavy (non-hydrogen) atoms. The van der Waals surface area contributed by atoms with Crippen LogP contribution in [0.5, 0.6) is 0 Å². The van der Waals surface area contributed by atoms with E-state index in [4.69, 9.17) is 4.74 Å². The molecule has 0 spiro atoms. The first-order valence-electron chi connectivity index (χ1n) is 6.46. The number of carbonyl (C=O) groups excluding carboxylic acids is 1. The van der Waals surface area contributed by atoms with E-state index in [2.05, 4.69) is 10.2 Å². The van der Waals surface area contributed by atoms with Crippen molar-refractivity contribution in [1.29, 1.82) is 0 Å². The van der Waals surface area contributed by atoms with Crippen LogP contribution in [0.3, 0.4) is 0 Å². The minimum atomic E-state index is -0.297. The van der Waals surface area contributed by atoms with E-state index in [9.17, 15) is 9.18 Å². The highest BCUT2D eigenvalue weighted by atomic mass is 32.2. The van der Waals surface area contributed by atoms with Crippen LogP contribution in [0.4, 0.5) is 4.39 Å². The van der Waals surface area contributed by atoms with Gasteiger partial charge in [0.1, 0.15) is 15.8 Å². The summed E-state index contributed by atoms with van der Waals surface area (Å²) in [6.45, 7) is 4.12. The molecule has 1 aromatic heterocycles. The summed E-state index contributed by atoms with van der Waals surface area (Å²) in [4.78, 5) is 11.3. The molecule has 0 aliphatic rings. The Balaban J connectivity index is 2.00. The van der Waals surface area contributed by atoms with E-state index in [1.54, 1.807) is 19.1 Å². The minimum absolute atomic E-state index is 0.0363. The van der Waals surface area contributed by atoms with Gasteiger partial charge in [-0.2, -0.15) is 0 Å². The van der Waals surface area contributed by atoms with Crippen LogP contribution >= 0.6 is 23.1 Å². The Hall–Kier alpha value is -1.47. The Morgan fingerprint density at radius 1 is 1.48 bits per heavy atom. The summed E-state index contributed by atoms with van der Waals surface area (Å²) in [5.41, 5.74) is 0.710. The Labute approximate surface area is 130 Å². The summed E-state index contributed by atoms with van der Waals surface area (Å²) in [6.07, 6.45) is 0. The summed E-state index contributed by atoms with van der Waals surface area (Å²) in [5, 5.41) is 9.72. The zero-order chi connectivity index (χ0) is 15.2. The van der Waals surface area contributed by atoms with Crippen molar-refractivity contribution < 1.29 is 13.9 Å². The number of halogens is 1. The van der Waals surface area contributed by atoms with Crippen molar-refractivity contribution in [1.82, 2.24) is 10.2 Å². The highest BCUT2D eigenvalue weighted by molar-refractivity contribution is 8.00. The summed E-state index contributed by atoms with van der Waals surface area (Å²) in [6, 6.07) is 6.26. The molecule has 2 aromatic rings. The third-order valence-corrected chi connectivity index (χ3v) is 5.05. The number of benzene rings is 1. The number of thioether (sulfide) groups is 1. The van der Waals surface area contributed by atoms with Crippen molar-refractivity contribution in [3.8, 4) is 10.6 Å². The van der Waals surface area contributed by atoms with Crippen molar-refractivity contribution >= 4 is 29.1 Å². The third-order valence-electron chi connectivity index (χ3n) is 2.62. The molecule has 0 unspecified atom stereocenters. The SMILES string of the molecule is CCOC(=O)CS[C@H](C)c1nnc(-c2cccc(F)c2)s1. The van der Waals surface area contributed by atoms with Crippen LogP contribution < -0.4 is 0 Å². The second-order valence-corrected chi connectivity index (χ2v) is 6.55. The average Bonchev–Trinajstić information content (AvgIpc) is 2.95. The van der Waals surface area contributed by atoms with Gasteiger partial charge >= 0.3 is 5.97 Å². The van der Waals surface area contributed by atoms with Gasteiger partial charge in [-0.15, -0.1) is 22.0 Å². The van der Waals surface area contributed by atoms with E-state index in [-0.39, 0.29) is 22.8 Å². The van der Waals surface area contributed by atoms with Crippen molar-refractivity contribution in [3.63, 3.8) is 0 Å². The number of carbonyl (C=O) groups is 1. The molecule has 112 valence electrons. The number of esters is 1. The van der Waals surface area contributed by atoms with E-state index >= 15 is 0 Å². The van der Waals surface area contributed by atoms with Gasteiger partial charge in [0.25, 0.3) is 0 Å². The number of nitrogens with zero attached hydrogens (tertiary/aromatic N) is 2. The van der Waals surface area contributed by atoms with Gasteiger partial charge in [0.15, 0.2) is 0 Å². The molecule has 0 radical (unpaired) electrons. The fraction of sp³-hybridized carbons (Fsp3) is 0.357. The molecule has 4 nitrogen and oxygen atoms in total. The summed E-state index contributed by atoms with van der Waals surface area (Å²) < 4.78 is 18.1. The molecule has 0 aliphatic carbocycles. The normalized spacial score (nSPS) is 12.1. The number of hydrogen-bond donors (Lipinski definition) is 0. The summed E-state index contributed by atoms with van der Waals surface area (Å²) in [5.74, 6) is -0.248. The largest absolute Gasteiger partial charge is 0.465 e. The second-order valence-electron chi connectivity index (χ2n) is 4.21. The lowest BCUT2D eigenvalue weighted by atomic mass is 10.2. The highest BCUT2D eigenvalue weighted by Gasteiger charge is 2.15. The predicted molar refractivity (Wildman–Crippen MR) is 82.8 cm³/mol. The molecule has 0 N–H and O–H groups in total. The molecule has 1 aromatic carbocycles. The van der Waals surface area contributed by atoms with Gasteiger partial charge in [-0.05, 0) is 26.0 Å². The first-order valence-corrected chi connectivity index (χ1v) is 8.33. The Morgan fingerprint density at radius 2 is 2.29 bits per heavy atom. The third kappa shape index (κ3) is 4.50. The van der Waals surface area contributed by atoms with Crippen molar-refractivity contribution in [2.75, 3.05) is 12.4 Å². The number of hydrogen-bond acceptors (Lipinski definition) is 6. The first kappa shape index (κ1) is 15.9. The topological polar surface area (TPSA) is 52.1 Å². The van der Waals surface area contributed by atoms with Gasteiger partial charge in [-0.1, -0.05) is 23.5 Å². The van der Waals surface area contributed by atoms with Crippen molar-refractivity contribution in [2.45, 2.75) is 19.1 Å². The van der Waals surface area contributed by atoms with E-state index in [0.717, 1.165) is 5.01 Å². The molecule has 7 heteroatoms. The zero-order valence-electron chi connectivity index (χ0n) is 11.7. The van der Waals surface area contributed by atoms with Gasteiger partial charge < -0.3 is 4.74 Å². The van der Waals surface area contributed by atoms with Crippen LogP contribution in [0.25, 0.3) is 10.6 Å². The lowest BCUT2D eigenvalue weighted by molar-refractivity contribution is -0.139. The quantitative estimate of drug-likeness (QED) is 0.758. The molecule has 1 heterocycles. The van der Waals surface area contributed by atoms with Crippen molar-refractivity contribution in [2.24, 2.45) is 0 Å². The molecule has 2 rings (SSSR count). The first-order chi connectivity index (χ1) is 10.1. The molecule has 0 fully saturated rings. The van der Waals surface area contributed by atoms with Crippen LogP contribution in [0.2, 0.25) is 0 Å². The maximum atomic E-state index is 13.2. The maximum absolute atomic E-state index is 13.2. The van der Waals surface area contributed by atoms with Crippen LogP contribution in [-0.2, 0) is 9.53 Å². The monoisotopic (exact) mass is 326 g/mol. The molecular formula is C14H15FN2O2S2. The van der Waals surface area contributed by atoms with E-state index in [1.807, 2.05) is 6.92 Å². The molecule has 0 amide bonds. The van der Waals surface area contributed by atoms with E-state index < -0.39 is 0 Å². The molecule has 1 atom stereocenters.